The number of nitrogens with zero attached hydrogens (tertiary/aromatic N) is 1. The Bertz CT molecular complexity index is 441. The van der Waals surface area contributed by atoms with E-state index in [0.717, 1.165) is 18.7 Å². The van der Waals surface area contributed by atoms with Crippen LogP contribution in [0.1, 0.15) is 38.3 Å². The van der Waals surface area contributed by atoms with Crippen LogP contribution >= 0.6 is 0 Å². The molecule has 1 amide bonds. The van der Waals surface area contributed by atoms with Crippen LogP contribution in [0.5, 0.6) is 0 Å². The summed E-state index contributed by atoms with van der Waals surface area (Å²) in [7, 11) is 0. The molecular formula is C17H27N3O. The first-order valence-electron chi connectivity index (χ1n) is 8.00. The maximum Gasteiger partial charge on any atom is 0.242 e. The fourth-order valence-electron chi connectivity index (χ4n) is 2.88. The van der Waals surface area contributed by atoms with Crippen LogP contribution in [0.15, 0.2) is 30.3 Å². The normalized spacial score (nSPS) is 17.5. The maximum atomic E-state index is 12.8. The summed E-state index contributed by atoms with van der Waals surface area (Å²) in [5, 5.41) is 3.17. The average Bonchev–Trinajstić information content (AvgIpc) is 3.35. The third-order valence-electron chi connectivity index (χ3n) is 4.31. The van der Waals surface area contributed by atoms with Crippen molar-refractivity contribution in [2.45, 2.75) is 38.8 Å². The van der Waals surface area contributed by atoms with Gasteiger partial charge in [0.15, 0.2) is 0 Å². The van der Waals surface area contributed by atoms with Crippen molar-refractivity contribution in [3.8, 4) is 0 Å². The largest absolute Gasteiger partial charge is 0.350 e. The highest BCUT2D eigenvalue weighted by Crippen LogP contribution is 2.32. The van der Waals surface area contributed by atoms with Crippen LogP contribution in [0.25, 0.3) is 0 Å². The van der Waals surface area contributed by atoms with Crippen molar-refractivity contribution >= 4 is 5.91 Å². The summed E-state index contributed by atoms with van der Waals surface area (Å²) in [4.78, 5) is 15.0. The fraction of sp³-hybridized carbons (Fsp3) is 0.588. The second-order valence-corrected chi connectivity index (χ2v) is 5.72. The predicted octanol–water partition coefficient (Wildman–Crippen LogP) is 1.92. The molecule has 0 heterocycles. The molecule has 4 heteroatoms. The summed E-state index contributed by atoms with van der Waals surface area (Å²) in [6, 6.07) is 9.90. The molecule has 116 valence electrons. The van der Waals surface area contributed by atoms with E-state index in [9.17, 15) is 4.79 Å². The average molecular weight is 289 g/mol. The van der Waals surface area contributed by atoms with Crippen molar-refractivity contribution in [3.05, 3.63) is 35.9 Å². The van der Waals surface area contributed by atoms with E-state index in [-0.39, 0.29) is 18.0 Å². The van der Waals surface area contributed by atoms with E-state index in [4.69, 9.17) is 5.73 Å². The van der Waals surface area contributed by atoms with Gasteiger partial charge < -0.3 is 11.1 Å². The van der Waals surface area contributed by atoms with Crippen molar-refractivity contribution < 1.29 is 4.79 Å². The van der Waals surface area contributed by atoms with Gasteiger partial charge in [-0.2, -0.15) is 0 Å². The van der Waals surface area contributed by atoms with Crippen LogP contribution in [0, 0.1) is 5.92 Å². The number of benzene rings is 1. The summed E-state index contributed by atoms with van der Waals surface area (Å²) in [5.41, 5.74) is 6.86. The van der Waals surface area contributed by atoms with Gasteiger partial charge in [-0.25, -0.2) is 0 Å². The van der Waals surface area contributed by atoms with Gasteiger partial charge >= 0.3 is 0 Å². The first-order valence-corrected chi connectivity index (χ1v) is 8.00. The highest BCUT2D eigenvalue weighted by atomic mass is 16.2. The minimum absolute atomic E-state index is 0.0762. The molecule has 1 aromatic rings. The summed E-state index contributed by atoms with van der Waals surface area (Å²) in [6.45, 7) is 6.40. The lowest BCUT2D eigenvalue weighted by Gasteiger charge is -2.30. The molecule has 1 aromatic carbocycles. The predicted molar refractivity (Wildman–Crippen MR) is 85.8 cm³/mol. The van der Waals surface area contributed by atoms with Crippen LogP contribution in [0.2, 0.25) is 0 Å². The van der Waals surface area contributed by atoms with Crippen molar-refractivity contribution in [1.82, 2.24) is 10.2 Å². The maximum absolute atomic E-state index is 12.8. The van der Waals surface area contributed by atoms with Gasteiger partial charge in [0.2, 0.25) is 5.91 Å². The molecule has 1 aliphatic rings. The third kappa shape index (κ3) is 4.05. The first kappa shape index (κ1) is 16.0. The Labute approximate surface area is 127 Å². The van der Waals surface area contributed by atoms with E-state index in [1.54, 1.807) is 0 Å². The molecule has 1 aliphatic carbocycles. The van der Waals surface area contributed by atoms with Gasteiger partial charge in [0.25, 0.3) is 0 Å². The van der Waals surface area contributed by atoms with Crippen LogP contribution in [0.3, 0.4) is 0 Å². The van der Waals surface area contributed by atoms with E-state index in [0.29, 0.717) is 12.5 Å². The topological polar surface area (TPSA) is 58.4 Å². The highest BCUT2D eigenvalue weighted by molar-refractivity contribution is 5.83. The molecule has 21 heavy (non-hydrogen) atoms. The van der Waals surface area contributed by atoms with E-state index in [2.05, 4.69) is 24.1 Å². The summed E-state index contributed by atoms with van der Waals surface area (Å²) >= 11 is 0. The minimum Gasteiger partial charge on any atom is -0.350 e. The Morgan fingerprint density at radius 1 is 1.29 bits per heavy atom. The van der Waals surface area contributed by atoms with Gasteiger partial charge in [-0.1, -0.05) is 44.2 Å². The molecule has 0 aromatic heterocycles. The number of carbonyl (C=O) groups is 1. The summed E-state index contributed by atoms with van der Waals surface area (Å²) in [6.07, 6.45) is 2.37. The summed E-state index contributed by atoms with van der Waals surface area (Å²) in [5.74, 6) is 0.652. The molecule has 0 bridgehead atoms. The number of amides is 1. The standard InChI is InChI=1S/C17H27N3O/c1-3-20(4-2)16(14-8-6-5-7-9-14)17(21)19-15(12-18)13-10-11-13/h5-9,13,15-16H,3-4,10-12,18H2,1-2H3,(H,19,21). The molecule has 1 saturated carbocycles. The molecule has 0 spiro atoms. The van der Waals surface area contributed by atoms with Crippen LogP contribution < -0.4 is 11.1 Å². The van der Waals surface area contributed by atoms with Gasteiger partial charge in [-0.15, -0.1) is 0 Å². The van der Waals surface area contributed by atoms with E-state index in [1.165, 1.54) is 12.8 Å². The molecule has 2 unspecified atom stereocenters. The van der Waals surface area contributed by atoms with Crippen LogP contribution in [-0.4, -0.2) is 36.5 Å². The lowest BCUT2D eigenvalue weighted by molar-refractivity contribution is -0.127. The van der Waals surface area contributed by atoms with E-state index >= 15 is 0 Å². The zero-order valence-corrected chi connectivity index (χ0v) is 13.1. The third-order valence-corrected chi connectivity index (χ3v) is 4.31. The molecule has 2 atom stereocenters. The Hall–Kier alpha value is -1.39. The Kier molecular flexibility index (Phi) is 5.76. The molecule has 2 rings (SSSR count). The lowest BCUT2D eigenvalue weighted by atomic mass is 10.0. The SMILES string of the molecule is CCN(CC)C(C(=O)NC(CN)C1CC1)c1ccccc1. The zero-order chi connectivity index (χ0) is 15.2. The number of nitrogens with one attached hydrogen (secondary N) is 1. The second kappa shape index (κ2) is 7.57. The molecular weight excluding hydrogens is 262 g/mol. The number of rotatable bonds is 8. The molecule has 1 fully saturated rings. The monoisotopic (exact) mass is 289 g/mol. The van der Waals surface area contributed by atoms with Crippen molar-refractivity contribution in [3.63, 3.8) is 0 Å². The summed E-state index contributed by atoms with van der Waals surface area (Å²) < 4.78 is 0. The van der Waals surface area contributed by atoms with Gasteiger partial charge in [0.05, 0.1) is 0 Å². The Balaban J connectivity index is 2.16. The first-order chi connectivity index (χ1) is 10.2. The fourth-order valence-corrected chi connectivity index (χ4v) is 2.88. The van der Waals surface area contributed by atoms with Gasteiger partial charge in [0.1, 0.15) is 6.04 Å². The number of likely N-dealkylation sites (N-methyl/N-ethyl adjacent to an activating group) is 1. The number of hydrogen-bond acceptors (Lipinski definition) is 3. The molecule has 0 aliphatic heterocycles. The van der Waals surface area contributed by atoms with Gasteiger partial charge in [-0.3, -0.25) is 9.69 Å². The molecule has 0 radical (unpaired) electrons. The number of hydrogen-bond donors (Lipinski definition) is 2. The van der Waals surface area contributed by atoms with Crippen molar-refractivity contribution in [1.29, 1.82) is 0 Å². The zero-order valence-electron chi connectivity index (χ0n) is 13.1. The van der Waals surface area contributed by atoms with Crippen LogP contribution in [-0.2, 0) is 4.79 Å². The minimum atomic E-state index is -0.228. The molecule has 4 nitrogen and oxygen atoms in total. The van der Waals surface area contributed by atoms with Gasteiger partial charge in [-0.05, 0) is 37.4 Å². The van der Waals surface area contributed by atoms with Crippen LogP contribution in [0.4, 0.5) is 0 Å². The lowest BCUT2D eigenvalue weighted by Crippen LogP contribution is -2.47. The van der Waals surface area contributed by atoms with E-state index in [1.807, 2.05) is 30.3 Å². The smallest absolute Gasteiger partial charge is 0.242 e. The number of carbonyl (C=O) groups excluding carboxylic acids is 1. The van der Waals surface area contributed by atoms with E-state index < -0.39 is 0 Å². The highest BCUT2D eigenvalue weighted by Gasteiger charge is 2.34. The molecule has 0 saturated heterocycles. The second-order valence-electron chi connectivity index (χ2n) is 5.72. The van der Waals surface area contributed by atoms with Crippen molar-refractivity contribution in [2.75, 3.05) is 19.6 Å². The van der Waals surface area contributed by atoms with Gasteiger partial charge in [0, 0.05) is 12.6 Å². The Morgan fingerprint density at radius 2 is 1.90 bits per heavy atom. The van der Waals surface area contributed by atoms with Crippen molar-refractivity contribution in [2.24, 2.45) is 11.7 Å². The Morgan fingerprint density at radius 3 is 2.38 bits per heavy atom. The molecule has 3 N–H and O–H groups in total. The number of nitrogens with two attached hydrogens (primary N) is 1. The quantitative estimate of drug-likeness (QED) is 0.769.